The molecule has 0 heterocycles. The van der Waals surface area contributed by atoms with E-state index < -0.39 is 11.6 Å². The monoisotopic (exact) mass is 207 g/mol. The molecule has 13 heavy (non-hydrogen) atoms. The number of hydroxylamine groups is 1. The first-order chi connectivity index (χ1) is 6.06. The Morgan fingerprint density at radius 1 is 1.31 bits per heavy atom. The minimum Gasteiger partial charge on any atom is -0.277 e. The first-order valence-electron chi connectivity index (χ1n) is 3.48. The summed E-state index contributed by atoms with van der Waals surface area (Å²) in [5.74, 6) is -1.50. The van der Waals surface area contributed by atoms with Crippen molar-refractivity contribution in [2.45, 2.75) is 0 Å². The molecule has 0 aliphatic carbocycles. The molecule has 0 radical (unpaired) electrons. The predicted molar refractivity (Wildman–Crippen MR) is 46.8 cm³/mol. The normalized spacial score (nSPS) is 10.2. The average Bonchev–Trinajstić information content (AvgIpc) is 2.10. The highest BCUT2D eigenvalue weighted by atomic mass is 35.5. The molecule has 0 aromatic heterocycles. The fraction of sp³-hybridized carbons (Fsp3) is 0.250. The van der Waals surface area contributed by atoms with E-state index in [4.69, 9.17) is 16.4 Å². The van der Waals surface area contributed by atoms with Crippen molar-refractivity contribution in [2.75, 3.05) is 19.2 Å². The predicted octanol–water partition coefficient (Wildman–Crippen LogP) is 2.62. The van der Waals surface area contributed by atoms with Gasteiger partial charge < -0.3 is 0 Å². The van der Waals surface area contributed by atoms with Crippen LogP contribution in [0.2, 0.25) is 5.02 Å². The van der Waals surface area contributed by atoms with E-state index in [9.17, 15) is 8.78 Å². The summed E-state index contributed by atoms with van der Waals surface area (Å²) in [6, 6.07) is 1.88. The second-order valence-electron chi connectivity index (χ2n) is 2.40. The van der Waals surface area contributed by atoms with Gasteiger partial charge in [-0.3, -0.25) is 9.90 Å². The van der Waals surface area contributed by atoms with Crippen molar-refractivity contribution in [3.05, 3.63) is 28.8 Å². The lowest BCUT2D eigenvalue weighted by molar-refractivity contribution is 0.182. The van der Waals surface area contributed by atoms with Crippen LogP contribution in [-0.2, 0) is 4.84 Å². The molecule has 0 N–H and O–H groups in total. The van der Waals surface area contributed by atoms with Crippen molar-refractivity contribution in [1.82, 2.24) is 0 Å². The Hall–Kier alpha value is -0.870. The molecule has 1 rings (SSSR count). The molecule has 0 aliphatic rings. The van der Waals surface area contributed by atoms with Gasteiger partial charge in [-0.05, 0) is 6.07 Å². The minimum atomic E-state index is -0.785. The van der Waals surface area contributed by atoms with Crippen LogP contribution in [0.25, 0.3) is 0 Å². The molecule has 0 amide bonds. The maximum atomic E-state index is 13.0. The summed E-state index contributed by atoms with van der Waals surface area (Å²) in [7, 11) is 2.86. The van der Waals surface area contributed by atoms with E-state index in [1.165, 1.54) is 14.2 Å². The molecule has 0 spiro atoms. The molecule has 0 atom stereocenters. The molecule has 0 fully saturated rings. The third kappa shape index (κ3) is 2.08. The van der Waals surface area contributed by atoms with Crippen LogP contribution in [0.5, 0.6) is 0 Å². The van der Waals surface area contributed by atoms with E-state index in [0.29, 0.717) is 6.07 Å². The van der Waals surface area contributed by atoms with E-state index in [1.807, 2.05) is 0 Å². The lowest BCUT2D eigenvalue weighted by Crippen LogP contribution is -2.16. The summed E-state index contributed by atoms with van der Waals surface area (Å²) in [6.07, 6.45) is 0. The van der Waals surface area contributed by atoms with Gasteiger partial charge in [-0.15, -0.1) is 0 Å². The summed E-state index contributed by atoms with van der Waals surface area (Å²) in [5.41, 5.74) is 0.0916. The van der Waals surface area contributed by atoms with Crippen LogP contribution >= 0.6 is 11.6 Å². The van der Waals surface area contributed by atoms with E-state index >= 15 is 0 Å². The van der Waals surface area contributed by atoms with Crippen LogP contribution in [0.3, 0.4) is 0 Å². The van der Waals surface area contributed by atoms with Crippen LogP contribution < -0.4 is 5.06 Å². The Bertz CT molecular complexity index is 319. The number of nitrogens with zero attached hydrogens (tertiary/aromatic N) is 1. The highest BCUT2D eigenvalue weighted by Gasteiger charge is 2.11. The van der Waals surface area contributed by atoms with Gasteiger partial charge in [0.05, 0.1) is 12.1 Å². The van der Waals surface area contributed by atoms with Crippen LogP contribution in [0.1, 0.15) is 0 Å². The van der Waals surface area contributed by atoms with Crippen LogP contribution in [0.15, 0.2) is 12.1 Å². The summed E-state index contributed by atoms with van der Waals surface area (Å²) >= 11 is 5.46. The molecule has 2 nitrogen and oxygen atoms in total. The average molecular weight is 208 g/mol. The zero-order valence-electron chi connectivity index (χ0n) is 7.14. The van der Waals surface area contributed by atoms with Crippen molar-refractivity contribution < 1.29 is 13.6 Å². The quantitative estimate of drug-likeness (QED) is 0.546. The molecule has 0 saturated carbocycles. The Kier molecular flexibility index (Phi) is 3.06. The van der Waals surface area contributed by atoms with E-state index in [1.54, 1.807) is 0 Å². The topological polar surface area (TPSA) is 12.5 Å². The van der Waals surface area contributed by atoms with Gasteiger partial charge in [-0.2, -0.15) is 0 Å². The third-order valence-electron chi connectivity index (χ3n) is 1.60. The molecule has 0 aliphatic heterocycles. The highest BCUT2D eigenvalue weighted by Crippen LogP contribution is 2.25. The lowest BCUT2D eigenvalue weighted by atomic mass is 10.3. The summed E-state index contributed by atoms with van der Waals surface area (Å²) in [4.78, 5) is 4.72. The summed E-state index contributed by atoms with van der Waals surface area (Å²) in [5, 5.41) is 1.01. The van der Waals surface area contributed by atoms with Gasteiger partial charge in [-0.25, -0.2) is 8.78 Å². The number of rotatable bonds is 2. The molecule has 5 heteroatoms. The molecular weight excluding hydrogens is 200 g/mol. The van der Waals surface area contributed by atoms with E-state index in [0.717, 1.165) is 11.1 Å². The van der Waals surface area contributed by atoms with Crippen molar-refractivity contribution >= 4 is 17.3 Å². The smallest absolute Gasteiger partial charge is 0.151 e. The van der Waals surface area contributed by atoms with Gasteiger partial charge >= 0.3 is 0 Å². The van der Waals surface area contributed by atoms with Gasteiger partial charge in [0.1, 0.15) is 11.5 Å². The minimum absolute atomic E-state index is 0.0916. The van der Waals surface area contributed by atoms with Gasteiger partial charge in [0.15, 0.2) is 5.82 Å². The SMILES string of the molecule is CON(C)c1cc(Cl)c(F)cc1F. The number of halogens is 3. The number of hydrogen-bond donors (Lipinski definition) is 0. The molecular formula is C8H8ClF2NO. The summed E-state index contributed by atoms with van der Waals surface area (Å²) in [6.45, 7) is 0. The lowest BCUT2D eigenvalue weighted by Gasteiger charge is -2.16. The van der Waals surface area contributed by atoms with Crippen molar-refractivity contribution in [3.63, 3.8) is 0 Å². The first-order valence-corrected chi connectivity index (χ1v) is 3.86. The Morgan fingerprint density at radius 2 is 1.92 bits per heavy atom. The van der Waals surface area contributed by atoms with Crippen molar-refractivity contribution in [2.24, 2.45) is 0 Å². The van der Waals surface area contributed by atoms with Crippen LogP contribution in [0, 0.1) is 11.6 Å². The van der Waals surface area contributed by atoms with E-state index in [2.05, 4.69) is 0 Å². The van der Waals surface area contributed by atoms with Crippen LogP contribution in [0.4, 0.5) is 14.5 Å². The standard InChI is InChI=1S/C8H8ClF2NO/c1-12(13-2)8-3-5(9)6(10)4-7(8)11/h3-4H,1-2H3. The highest BCUT2D eigenvalue weighted by molar-refractivity contribution is 6.31. The maximum Gasteiger partial charge on any atom is 0.151 e. The number of hydrogen-bond acceptors (Lipinski definition) is 2. The van der Waals surface area contributed by atoms with Gasteiger partial charge in [0.25, 0.3) is 0 Å². The molecule has 1 aromatic carbocycles. The molecule has 0 bridgehead atoms. The Morgan fingerprint density at radius 3 is 2.46 bits per heavy atom. The Labute approximate surface area is 79.6 Å². The second-order valence-corrected chi connectivity index (χ2v) is 2.80. The van der Waals surface area contributed by atoms with Gasteiger partial charge in [-0.1, -0.05) is 11.6 Å². The maximum absolute atomic E-state index is 13.0. The largest absolute Gasteiger partial charge is 0.277 e. The van der Waals surface area contributed by atoms with Crippen molar-refractivity contribution in [1.29, 1.82) is 0 Å². The fourth-order valence-electron chi connectivity index (χ4n) is 0.852. The number of anilines is 1. The molecule has 0 saturated heterocycles. The molecule has 72 valence electrons. The Balaban J connectivity index is 3.15. The van der Waals surface area contributed by atoms with E-state index in [-0.39, 0.29) is 10.7 Å². The third-order valence-corrected chi connectivity index (χ3v) is 1.89. The van der Waals surface area contributed by atoms with Crippen molar-refractivity contribution in [3.8, 4) is 0 Å². The molecule has 1 aromatic rings. The second kappa shape index (κ2) is 3.89. The van der Waals surface area contributed by atoms with Gasteiger partial charge in [0.2, 0.25) is 0 Å². The number of benzene rings is 1. The van der Waals surface area contributed by atoms with Gasteiger partial charge in [0, 0.05) is 13.1 Å². The van der Waals surface area contributed by atoms with Crippen LogP contribution in [-0.4, -0.2) is 14.2 Å². The zero-order valence-corrected chi connectivity index (χ0v) is 7.90. The summed E-state index contributed by atoms with van der Waals surface area (Å²) < 4.78 is 25.7. The molecule has 0 unspecified atom stereocenters. The zero-order chi connectivity index (χ0) is 10.0. The fourth-order valence-corrected chi connectivity index (χ4v) is 1.01. The first kappa shape index (κ1) is 10.2.